The molecule has 1 amide bonds. The molecule has 60 valence electrons. The van der Waals surface area contributed by atoms with Crippen molar-refractivity contribution in [3.63, 3.8) is 0 Å². The number of carboxylic acid groups (broad SMARTS) is 1. The van der Waals surface area contributed by atoms with Gasteiger partial charge in [-0.3, -0.25) is 5.32 Å². The molecule has 0 fully saturated rings. The number of hydrogen-bond acceptors (Lipinski definition) is 2. The Morgan fingerprint density at radius 1 is 1.91 bits per heavy atom. The molecule has 5 nitrogen and oxygen atoms in total. The van der Waals surface area contributed by atoms with Crippen molar-refractivity contribution < 1.29 is 9.90 Å². The van der Waals surface area contributed by atoms with Crippen LogP contribution in [0, 0.1) is 0 Å². The molecule has 0 spiro atoms. The summed E-state index contributed by atoms with van der Waals surface area (Å²) >= 11 is 0. The molecule has 2 N–H and O–H groups in total. The van der Waals surface area contributed by atoms with E-state index in [0.717, 1.165) is 0 Å². The second kappa shape index (κ2) is 3.05. The third-order valence-electron chi connectivity index (χ3n) is 1.25. The van der Waals surface area contributed by atoms with Gasteiger partial charge in [0.1, 0.15) is 5.82 Å². The molecule has 0 aliphatic heterocycles. The van der Waals surface area contributed by atoms with Crippen molar-refractivity contribution in [2.75, 3.05) is 5.32 Å². The molecule has 0 unspecified atom stereocenters. The first-order valence-corrected chi connectivity index (χ1v) is 3.25. The molecule has 1 aromatic rings. The highest BCUT2D eigenvalue weighted by Crippen LogP contribution is 2.04. The number of carbonyl (C=O) groups is 1. The Balaban J connectivity index is 2.76. The van der Waals surface area contributed by atoms with Crippen LogP contribution in [-0.4, -0.2) is 21.0 Å². The van der Waals surface area contributed by atoms with E-state index >= 15 is 0 Å². The van der Waals surface area contributed by atoms with Gasteiger partial charge in [-0.05, 0) is 6.92 Å². The Morgan fingerprint density at radius 2 is 2.64 bits per heavy atom. The number of nitrogens with zero attached hydrogens (tertiary/aromatic N) is 2. The van der Waals surface area contributed by atoms with Crippen LogP contribution in [-0.2, 0) is 6.54 Å². The molecule has 1 rings (SSSR count). The average Bonchev–Trinajstić information content (AvgIpc) is 2.34. The summed E-state index contributed by atoms with van der Waals surface area (Å²) in [6, 6.07) is 1.61. The van der Waals surface area contributed by atoms with Gasteiger partial charge in [-0.15, -0.1) is 0 Å². The van der Waals surface area contributed by atoms with Gasteiger partial charge >= 0.3 is 6.09 Å². The maximum absolute atomic E-state index is 10.2. The van der Waals surface area contributed by atoms with Crippen LogP contribution in [0.5, 0.6) is 0 Å². The van der Waals surface area contributed by atoms with E-state index in [1.807, 2.05) is 6.92 Å². The van der Waals surface area contributed by atoms with Crippen LogP contribution in [0.4, 0.5) is 10.6 Å². The zero-order valence-electron chi connectivity index (χ0n) is 6.11. The standard InChI is InChI=1S/C6H9N3O2/c1-2-9-5(3-4-7-9)8-6(10)11/h3-4,8H,2H2,1H3,(H,10,11). The molecule has 0 bridgehead atoms. The molecule has 0 saturated heterocycles. The first-order valence-electron chi connectivity index (χ1n) is 3.25. The number of aryl methyl sites for hydroxylation is 1. The second-order valence-corrected chi connectivity index (χ2v) is 1.96. The van der Waals surface area contributed by atoms with E-state index in [0.29, 0.717) is 12.4 Å². The van der Waals surface area contributed by atoms with Gasteiger partial charge in [0, 0.05) is 12.6 Å². The third-order valence-corrected chi connectivity index (χ3v) is 1.25. The maximum Gasteiger partial charge on any atom is 0.410 e. The van der Waals surface area contributed by atoms with Gasteiger partial charge in [0.15, 0.2) is 0 Å². The summed E-state index contributed by atoms with van der Waals surface area (Å²) in [7, 11) is 0. The highest BCUT2D eigenvalue weighted by Gasteiger charge is 2.01. The summed E-state index contributed by atoms with van der Waals surface area (Å²) in [6.45, 7) is 2.54. The van der Waals surface area contributed by atoms with Crippen LogP contribution < -0.4 is 5.32 Å². The van der Waals surface area contributed by atoms with Crippen LogP contribution in [0.25, 0.3) is 0 Å². The smallest absolute Gasteiger partial charge is 0.410 e. The van der Waals surface area contributed by atoms with Crippen LogP contribution in [0.15, 0.2) is 12.3 Å². The SMILES string of the molecule is CCn1nccc1NC(=O)O. The van der Waals surface area contributed by atoms with Crippen LogP contribution in [0.1, 0.15) is 6.92 Å². The average molecular weight is 155 g/mol. The molecule has 0 radical (unpaired) electrons. The van der Waals surface area contributed by atoms with E-state index in [2.05, 4.69) is 10.4 Å². The van der Waals surface area contributed by atoms with Gasteiger partial charge in [0.25, 0.3) is 0 Å². The summed E-state index contributed by atoms with van der Waals surface area (Å²) in [4.78, 5) is 10.2. The molecular formula is C6H9N3O2. The molecule has 5 heteroatoms. The molecule has 1 aromatic heterocycles. The molecule has 11 heavy (non-hydrogen) atoms. The van der Waals surface area contributed by atoms with Crippen molar-refractivity contribution in [1.29, 1.82) is 0 Å². The predicted molar refractivity (Wildman–Crippen MR) is 39.5 cm³/mol. The monoisotopic (exact) mass is 155 g/mol. The van der Waals surface area contributed by atoms with Crippen molar-refractivity contribution in [1.82, 2.24) is 9.78 Å². The number of aromatic nitrogens is 2. The summed E-state index contributed by atoms with van der Waals surface area (Å²) in [5.41, 5.74) is 0. The minimum atomic E-state index is -1.07. The quantitative estimate of drug-likeness (QED) is 0.669. The van der Waals surface area contributed by atoms with Crippen molar-refractivity contribution in [3.05, 3.63) is 12.3 Å². The molecular weight excluding hydrogens is 146 g/mol. The fourth-order valence-corrected chi connectivity index (χ4v) is 0.800. The minimum absolute atomic E-state index is 0.500. The van der Waals surface area contributed by atoms with E-state index in [9.17, 15) is 4.79 Å². The topological polar surface area (TPSA) is 67.2 Å². The molecule has 0 aromatic carbocycles. The van der Waals surface area contributed by atoms with Gasteiger partial charge in [-0.2, -0.15) is 5.10 Å². The van der Waals surface area contributed by atoms with Crippen LogP contribution in [0.2, 0.25) is 0 Å². The largest absolute Gasteiger partial charge is 0.465 e. The highest BCUT2D eigenvalue weighted by atomic mass is 16.4. The van der Waals surface area contributed by atoms with Crippen molar-refractivity contribution >= 4 is 11.9 Å². The van der Waals surface area contributed by atoms with Crippen LogP contribution in [0.3, 0.4) is 0 Å². The van der Waals surface area contributed by atoms with Crippen molar-refractivity contribution in [2.24, 2.45) is 0 Å². The summed E-state index contributed by atoms with van der Waals surface area (Å²) < 4.78 is 1.56. The highest BCUT2D eigenvalue weighted by molar-refractivity contribution is 5.81. The Kier molecular flexibility index (Phi) is 2.10. The number of amides is 1. The van der Waals surface area contributed by atoms with Crippen LogP contribution >= 0.6 is 0 Å². The van der Waals surface area contributed by atoms with E-state index in [4.69, 9.17) is 5.11 Å². The van der Waals surface area contributed by atoms with Gasteiger partial charge in [0.05, 0.1) is 6.20 Å². The zero-order valence-corrected chi connectivity index (χ0v) is 6.11. The van der Waals surface area contributed by atoms with Gasteiger partial charge in [0.2, 0.25) is 0 Å². The first-order chi connectivity index (χ1) is 5.24. The Hall–Kier alpha value is -1.52. The number of rotatable bonds is 2. The van der Waals surface area contributed by atoms with Gasteiger partial charge in [-0.1, -0.05) is 0 Å². The van der Waals surface area contributed by atoms with E-state index in [-0.39, 0.29) is 0 Å². The fraction of sp³-hybridized carbons (Fsp3) is 0.333. The summed E-state index contributed by atoms with van der Waals surface area (Å²) in [5.74, 6) is 0.500. The lowest BCUT2D eigenvalue weighted by Gasteiger charge is -2.01. The lowest BCUT2D eigenvalue weighted by Crippen LogP contribution is -2.12. The molecule has 0 atom stereocenters. The van der Waals surface area contributed by atoms with E-state index in [1.165, 1.54) is 0 Å². The maximum atomic E-state index is 10.2. The van der Waals surface area contributed by atoms with Crippen molar-refractivity contribution in [2.45, 2.75) is 13.5 Å². The number of nitrogens with one attached hydrogen (secondary N) is 1. The second-order valence-electron chi connectivity index (χ2n) is 1.96. The normalized spacial score (nSPS) is 9.55. The summed E-state index contributed by atoms with van der Waals surface area (Å²) in [5, 5.41) is 14.5. The first kappa shape index (κ1) is 7.59. The Labute approximate surface area is 63.6 Å². The molecule has 1 heterocycles. The van der Waals surface area contributed by atoms with E-state index < -0.39 is 6.09 Å². The number of anilines is 1. The Bertz CT molecular complexity index is 256. The molecule has 0 aliphatic carbocycles. The predicted octanol–water partition coefficient (Wildman–Crippen LogP) is 0.993. The summed E-state index contributed by atoms with van der Waals surface area (Å²) in [6.07, 6.45) is 0.481. The van der Waals surface area contributed by atoms with Gasteiger partial charge in [-0.25, -0.2) is 9.48 Å². The zero-order chi connectivity index (χ0) is 8.27. The lowest BCUT2D eigenvalue weighted by molar-refractivity contribution is 0.209. The molecule has 0 saturated carbocycles. The fourth-order valence-electron chi connectivity index (χ4n) is 0.800. The number of hydrogen-bond donors (Lipinski definition) is 2. The third kappa shape index (κ3) is 1.70. The lowest BCUT2D eigenvalue weighted by atomic mass is 10.6. The molecule has 0 aliphatic rings. The Morgan fingerprint density at radius 3 is 3.18 bits per heavy atom. The van der Waals surface area contributed by atoms with Crippen molar-refractivity contribution in [3.8, 4) is 0 Å². The van der Waals surface area contributed by atoms with Gasteiger partial charge < -0.3 is 5.11 Å². The van der Waals surface area contributed by atoms with E-state index in [1.54, 1.807) is 16.9 Å². The minimum Gasteiger partial charge on any atom is -0.465 e.